The van der Waals surface area contributed by atoms with E-state index in [-0.39, 0.29) is 0 Å². The number of nitrogens with zero attached hydrogens (tertiary/aromatic N) is 1. The van der Waals surface area contributed by atoms with Gasteiger partial charge in [0, 0.05) is 12.7 Å². The minimum absolute atomic E-state index is 0.693. The van der Waals surface area contributed by atoms with Crippen LogP contribution in [0.3, 0.4) is 0 Å². The van der Waals surface area contributed by atoms with Crippen molar-refractivity contribution in [3.05, 3.63) is 24.0 Å². The Morgan fingerprint density at radius 1 is 1.46 bits per heavy atom. The summed E-state index contributed by atoms with van der Waals surface area (Å²) in [7, 11) is 0. The Hall–Kier alpha value is -1.09. The van der Waals surface area contributed by atoms with E-state index in [0.717, 1.165) is 24.4 Å². The number of nitrogens with one attached hydrogen (secondary N) is 1. The van der Waals surface area contributed by atoms with Crippen molar-refractivity contribution in [2.24, 2.45) is 0 Å². The van der Waals surface area contributed by atoms with E-state index >= 15 is 0 Å². The second-order valence-corrected chi connectivity index (χ2v) is 2.90. The average Bonchev–Trinajstić information content (AvgIpc) is 2.13. The lowest BCUT2D eigenvalue weighted by Gasteiger charge is -2.05. The molecule has 72 valence electrons. The average molecular weight is 180 g/mol. The molecule has 1 aromatic rings. The van der Waals surface area contributed by atoms with Gasteiger partial charge in [-0.25, -0.2) is 0 Å². The maximum absolute atomic E-state index is 5.46. The first-order valence-electron chi connectivity index (χ1n) is 4.58. The van der Waals surface area contributed by atoms with Crippen LogP contribution in [-0.4, -0.2) is 24.7 Å². The topological polar surface area (TPSA) is 34.1 Å². The minimum Gasteiger partial charge on any atom is -0.491 e. The molecule has 0 bridgehead atoms. The van der Waals surface area contributed by atoms with Crippen LogP contribution in [-0.2, 0) is 0 Å². The second kappa shape index (κ2) is 5.54. The predicted molar refractivity (Wildman–Crippen MR) is 53.0 cm³/mol. The molecule has 0 saturated carbocycles. The predicted octanol–water partition coefficient (Wildman–Crippen LogP) is 1.38. The van der Waals surface area contributed by atoms with Gasteiger partial charge in [0.15, 0.2) is 0 Å². The van der Waals surface area contributed by atoms with Gasteiger partial charge in [-0.2, -0.15) is 0 Å². The lowest BCUT2D eigenvalue weighted by atomic mass is 10.3. The summed E-state index contributed by atoms with van der Waals surface area (Å²) in [6.07, 6.45) is 3.55. The van der Waals surface area contributed by atoms with Gasteiger partial charge >= 0.3 is 0 Å². The first-order chi connectivity index (χ1) is 6.33. The van der Waals surface area contributed by atoms with E-state index in [1.165, 1.54) is 0 Å². The molecule has 0 aliphatic rings. The second-order valence-electron chi connectivity index (χ2n) is 2.90. The van der Waals surface area contributed by atoms with Crippen LogP contribution in [0.25, 0.3) is 0 Å². The molecule has 0 aromatic carbocycles. The summed E-state index contributed by atoms with van der Waals surface area (Å²) in [6.45, 7) is 6.64. The van der Waals surface area contributed by atoms with E-state index < -0.39 is 0 Å². The molecule has 0 saturated heterocycles. The number of aromatic nitrogens is 1. The van der Waals surface area contributed by atoms with Gasteiger partial charge in [-0.1, -0.05) is 6.92 Å². The molecule has 1 N–H and O–H groups in total. The van der Waals surface area contributed by atoms with E-state index in [4.69, 9.17) is 4.74 Å². The number of likely N-dealkylation sites (N-methyl/N-ethyl adjacent to an activating group) is 1. The first-order valence-corrected chi connectivity index (χ1v) is 4.58. The molecule has 0 spiro atoms. The van der Waals surface area contributed by atoms with Gasteiger partial charge < -0.3 is 10.1 Å². The Morgan fingerprint density at radius 2 is 2.31 bits per heavy atom. The van der Waals surface area contributed by atoms with Crippen molar-refractivity contribution >= 4 is 0 Å². The van der Waals surface area contributed by atoms with Gasteiger partial charge in [0.1, 0.15) is 12.4 Å². The van der Waals surface area contributed by atoms with Crippen molar-refractivity contribution in [1.29, 1.82) is 0 Å². The van der Waals surface area contributed by atoms with E-state index in [0.29, 0.717) is 6.61 Å². The van der Waals surface area contributed by atoms with Crippen LogP contribution in [0.2, 0.25) is 0 Å². The van der Waals surface area contributed by atoms with E-state index in [2.05, 4.69) is 17.2 Å². The fraction of sp³-hybridized carbons (Fsp3) is 0.500. The Morgan fingerprint density at radius 3 is 3.00 bits per heavy atom. The molecule has 0 amide bonds. The van der Waals surface area contributed by atoms with Crippen LogP contribution in [0.5, 0.6) is 5.75 Å². The Kier molecular flexibility index (Phi) is 4.26. The highest BCUT2D eigenvalue weighted by Gasteiger charge is 1.93. The van der Waals surface area contributed by atoms with Crippen LogP contribution in [0, 0.1) is 6.92 Å². The minimum atomic E-state index is 0.693. The largest absolute Gasteiger partial charge is 0.491 e. The first kappa shape index (κ1) is 9.99. The van der Waals surface area contributed by atoms with Crippen molar-refractivity contribution in [2.45, 2.75) is 13.8 Å². The fourth-order valence-electron chi connectivity index (χ4n) is 1.02. The zero-order valence-electron chi connectivity index (χ0n) is 8.21. The standard InChI is InChI=1S/C10H16N2O/c1-3-11-4-5-13-10-6-9(2)7-12-8-10/h6-8,11H,3-5H2,1-2H3. The van der Waals surface area contributed by atoms with Crippen LogP contribution in [0.1, 0.15) is 12.5 Å². The number of pyridine rings is 1. The van der Waals surface area contributed by atoms with Crippen LogP contribution >= 0.6 is 0 Å². The molecule has 0 radical (unpaired) electrons. The molecule has 3 nitrogen and oxygen atoms in total. The molecule has 0 fully saturated rings. The molecular weight excluding hydrogens is 164 g/mol. The summed E-state index contributed by atoms with van der Waals surface area (Å²) in [6, 6.07) is 1.99. The number of hydrogen-bond donors (Lipinski definition) is 1. The summed E-state index contributed by atoms with van der Waals surface area (Å²) in [5.41, 5.74) is 1.13. The van der Waals surface area contributed by atoms with Crippen LogP contribution in [0.15, 0.2) is 18.5 Å². The summed E-state index contributed by atoms with van der Waals surface area (Å²) < 4.78 is 5.46. The monoisotopic (exact) mass is 180 g/mol. The third-order valence-corrected chi connectivity index (χ3v) is 1.65. The van der Waals surface area contributed by atoms with E-state index in [9.17, 15) is 0 Å². The fourth-order valence-corrected chi connectivity index (χ4v) is 1.02. The maximum Gasteiger partial charge on any atom is 0.137 e. The molecule has 13 heavy (non-hydrogen) atoms. The van der Waals surface area contributed by atoms with Crippen molar-refractivity contribution in [2.75, 3.05) is 19.7 Å². The molecule has 1 aromatic heterocycles. The smallest absolute Gasteiger partial charge is 0.137 e. The highest BCUT2D eigenvalue weighted by molar-refractivity contribution is 5.22. The lowest BCUT2D eigenvalue weighted by Crippen LogP contribution is -2.20. The van der Waals surface area contributed by atoms with Crippen LogP contribution < -0.4 is 10.1 Å². The number of hydrogen-bond acceptors (Lipinski definition) is 3. The van der Waals surface area contributed by atoms with Crippen molar-refractivity contribution < 1.29 is 4.74 Å². The zero-order valence-corrected chi connectivity index (χ0v) is 8.21. The van der Waals surface area contributed by atoms with Crippen molar-refractivity contribution in [3.8, 4) is 5.75 Å². The number of ether oxygens (including phenoxy) is 1. The summed E-state index contributed by atoms with van der Waals surface area (Å²) in [4.78, 5) is 4.04. The molecule has 0 aliphatic heterocycles. The van der Waals surface area contributed by atoms with E-state index in [1.807, 2.05) is 19.2 Å². The molecule has 0 unspecified atom stereocenters. The van der Waals surface area contributed by atoms with Gasteiger partial charge in [-0.15, -0.1) is 0 Å². The number of aryl methyl sites for hydroxylation is 1. The molecule has 1 heterocycles. The third-order valence-electron chi connectivity index (χ3n) is 1.65. The Balaban J connectivity index is 2.28. The number of rotatable bonds is 5. The normalized spacial score (nSPS) is 10.0. The van der Waals surface area contributed by atoms with Crippen molar-refractivity contribution in [3.63, 3.8) is 0 Å². The van der Waals surface area contributed by atoms with Gasteiger partial charge in [0.25, 0.3) is 0 Å². The summed E-state index contributed by atoms with van der Waals surface area (Å²) in [5, 5.41) is 3.19. The molecular formula is C10H16N2O. The summed E-state index contributed by atoms with van der Waals surface area (Å²) >= 11 is 0. The third kappa shape index (κ3) is 3.90. The van der Waals surface area contributed by atoms with Gasteiger partial charge in [0.2, 0.25) is 0 Å². The summed E-state index contributed by atoms with van der Waals surface area (Å²) in [5.74, 6) is 0.845. The van der Waals surface area contributed by atoms with Crippen molar-refractivity contribution in [1.82, 2.24) is 10.3 Å². The molecule has 3 heteroatoms. The van der Waals surface area contributed by atoms with Gasteiger partial charge in [0.05, 0.1) is 6.20 Å². The highest BCUT2D eigenvalue weighted by atomic mass is 16.5. The molecule has 0 atom stereocenters. The molecule has 0 aliphatic carbocycles. The van der Waals surface area contributed by atoms with Crippen LogP contribution in [0.4, 0.5) is 0 Å². The quantitative estimate of drug-likeness (QED) is 0.695. The van der Waals surface area contributed by atoms with Gasteiger partial charge in [-0.05, 0) is 25.1 Å². The lowest BCUT2D eigenvalue weighted by molar-refractivity contribution is 0.314. The maximum atomic E-state index is 5.46. The SMILES string of the molecule is CCNCCOc1cncc(C)c1. The zero-order chi connectivity index (χ0) is 9.52. The van der Waals surface area contributed by atoms with E-state index in [1.54, 1.807) is 6.20 Å². The Labute approximate surface area is 79.1 Å². The highest BCUT2D eigenvalue weighted by Crippen LogP contribution is 2.09. The molecule has 1 rings (SSSR count). The Bertz CT molecular complexity index is 250. The van der Waals surface area contributed by atoms with Gasteiger partial charge in [-0.3, -0.25) is 4.98 Å².